The maximum atomic E-state index is 12.3. The van der Waals surface area contributed by atoms with Gasteiger partial charge in [-0.3, -0.25) is 9.35 Å². The second kappa shape index (κ2) is 7.04. The average molecular weight is 387 g/mol. The predicted octanol–water partition coefficient (Wildman–Crippen LogP) is 2.80. The normalized spacial score (nSPS) is 12.9. The van der Waals surface area contributed by atoms with Crippen molar-refractivity contribution in [3.05, 3.63) is 48.0 Å². The fourth-order valence-corrected chi connectivity index (χ4v) is 3.39. The number of hydrogen-bond donors (Lipinski definition) is 1. The molecule has 9 nitrogen and oxygen atoms in total. The van der Waals surface area contributed by atoms with E-state index in [-0.39, 0.29) is 16.7 Å². The molecule has 130 valence electrons. The van der Waals surface area contributed by atoms with Gasteiger partial charge in [0.2, 0.25) is 11.8 Å². The molecule has 0 saturated carbocycles. The number of nitriles is 1. The van der Waals surface area contributed by atoms with Crippen LogP contribution in [0.4, 0.5) is 5.69 Å². The molecule has 0 amide bonds. The minimum atomic E-state index is -4.48. The molecule has 0 aliphatic rings. The van der Waals surface area contributed by atoms with Gasteiger partial charge in [-0.05, 0) is 12.1 Å². The number of aromatic nitrogens is 2. The van der Waals surface area contributed by atoms with Crippen molar-refractivity contribution in [2.45, 2.75) is 10.9 Å². The Hall–Kier alpha value is -3.07. The van der Waals surface area contributed by atoms with Gasteiger partial charge < -0.3 is 0 Å². The van der Waals surface area contributed by atoms with Crippen molar-refractivity contribution in [3.63, 3.8) is 0 Å². The molecule has 0 bridgehead atoms. The zero-order valence-corrected chi connectivity index (χ0v) is 14.5. The first kappa shape index (κ1) is 17.7. The number of azo groups is 1. The molecule has 3 aromatic rings. The van der Waals surface area contributed by atoms with Gasteiger partial charge in [-0.25, -0.2) is 0 Å². The number of nitrogens with zero attached hydrogens (tertiary/aromatic N) is 5. The van der Waals surface area contributed by atoms with Crippen LogP contribution < -0.4 is 0 Å². The predicted molar refractivity (Wildman–Crippen MR) is 91.9 cm³/mol. The van der Waals surface area contributed by atoms with Gasteiger partial charge in [0, 0.05) is 5.56 Å². The third-order valence-electron chi connectivity index (χ3n) is 3.34. The van der Waals surface area contributed by atoms with E-state index in [9.17, 15) is 23.0 Å². The quantitative estimate of drug-likeness (QED) is 0.402. The van der Waals surface area contributed by atoms with Crippen LogP contribution in [0.15, 0.2) is 57.6 Å². The van der Waals surface area contributed by atoms with Crippen molar-refractivity contribution in [1.82, 2.24) is 8.75 Å². The van der Waals surface area contributed by atoms with Gasteiger partial charge in [-0.2, -0.15) is 32.7 Å². The minimum absolute atomic E-state index is 0.0585. The van der Waals surface area contributed by atoms with Gasteiger partial charge >= 0.3 is 0 Å². The maximum absolute atomic E-state index is 12.3. The summed E-state index contributed by atoms with van der Waals surface area (Å²) < 4.78 is 39.7. The Balaban J connectivity index is 1.97. The molecular weight excluding hydrogens is 378 g/mol. The van der Waals surface area contributed by atoms with Crippen molar-refractivity contribution in [2.24, 2.45) is 10.2 Å². The Bertz CT molecular complexity index is 1150. The topological polar surface area (TPSA) is 146 Å². The summed E-state index contributed by atoms with van der Waals surface area (Å²) in [6, 6.07) is 11.0. The SMILES string of the molecule is N#CC(/N=N/c1ccc(S(=O)(=O)O)c2nsnc12)C(=O)c1ccccc1. The van der Waals surface area contributed by atoms with E-state index in [0.717, 1.165) is 17.8 Å². The van der Waals surface area contributed by atoms with Crippen LogP contribution in [-0.2, 0) is 10.1 Å². The summed E-state index contributed by atoms with van der Waals surface area (Å²) in [5.41, 5.74) is 0.483. The minimum Gasteiger partial charge on any atom is -0.290 e. The highest BCUT2D eigenvalue weighted by molar-refractivity contribution is 7.86. The molecule has 0 spiro atoms. The number of fused-ring (bicyclic) bond motifs is 1. The highest BCUT2D eigenvalue weighted by Gasteiger charge is 2.21. The van der Waals surface area contributed by atoms with Crippen LogP contribution in [0, 0.1) is 11.3 Å². The third-order valence-corrected chi connectivity index (χ3v) is 4.76. The smallest absolute Gasteiger partial charge is 0.290 e. The molecule has 0 aliphatic carbocycles. The molecule has 26 heavy (non-hydrogen) atoms. The molecule has 1 unspecified atom stereocenters. The molecule has 1 N–H and O–H groups in total. The molecule has 0 saturated heterocycles. The number of carbonyl (C=O) groups is 1. The Morgan fingerprint density at radius 2 is 1.85 bits per heavy atom. The van der Waals surface area contributed by atoms with Crippen LogP contribution in [0.5, 0.6) is 0 Å². The van der Waals surface area contributed by atoms with Crippen LogP contribution in [0.3, 0.4) is 0 Å². The van der Waals surface area contributed by atoms with E-state index in [4.69, 9.17) is 0 Å². The first-order chi connectivity index (χ1) is 12.4. The molecular formula is C15H9N5O4S2. The lowest BCUT2D eigenvalue weighted by molar-refractivity contribution is 0.0979. The molecule has 1 atom stereocenters. The van der Waals surface area contributed by atoms with E-state index in [0.29, 0.717) is 5.56 Å². The summed E-state index contributed by atoms with van der Waals surface area (Å²) in [4.78, 5) is 11.9. The molecule has 1 aromatic heterocycles. The first-order valence-corrected chi connectivity index (χ1v) is 9.21. The van der Waals surface area contributed by atoms with Crippen LogP contribution in [0.25, 0.3) is 11.0 Å². The monoisotopic (exact) mass is 387 g/mol. The fraction of sp³-hybridized carbons (Fsp3) is 0.0667. The Labute approximate surface area is 151 Å². The van der Waals surface area contributed by atoms with E-state index < -0.39 is 26.8 Å². The zero-order valence-electron chi connectivity index (χ0n) is 12.8. The molecule has 0 aliphatic heterocycles. The number of Topliss-reactive ketones (excluding diaryl/α,β-unsaturated/α-hetero) is 1. The van der Waals surface area contributed by atoms with Gasteiger partial charge in [-0.1, -0.05) is 30.3 Å². The van der Waals surface area contributed by atoms with Crippen LogP contribution in [0.1, 0.15) is 10.4 Å². The Morgan fingerprint density at radius 1 is 1.15 bits per heavy atom. The molecule has 2 aromatic carbocycles. The summed E-state index contributed by atoms with van der Waals surface area (Å²) in [6.07, 6.45) is 0. The maximum Gasteiger partial charge on any atom is 0.296 e. The van der Waals surface area contributed by atoms with E-state index in [1.54, 1.807) is 36.4 Å². The number of hydrogen-bond acceptors (Lipinski definition) is 9. The lowest BCUT2D eigenvalue weighted by Crippen LogP contribution is -2.16. The van der Waals surface area contributed by atoms with Crippen LogP contribution in [-0.4, -0.2) is 33.5 Å². The molecule has 0 radical (unpaired) electrons. The second-order valence-electron chi connectivity index (χ2n) is 5.00. The Morgan fingerprint density at radius 3 is 2.50 bits per heavy atom. The van der Waals surface area contributed by atoms with E-state index in [1.165, 1.54) is 6.07 Å². The molecule has 1 heterocycles. The fourth-order valence-electron chi connectivity index (χ4n) is 2.14. The van der Waals surface area contributed by atoms with Crippen molar-refractivity contribution in [1.29, 1.82) is 5.26 Å². The first-order valence-electron chi connectivity index (χ1n) is 7.04. The van der Waals surface area contributed by atoms with Crippen molar-refractivity contribution < 1.29 is 17.8 Å². The molecule has 3 rings (SSSR count). The van der Waals surface area contributed by atoms with Crippen LogP contribution in [0.2, 0.25) is 0 Å². The highest BCUT2D eigenvalue weighted by atomic mass is 32.2. The van der Waals surface area contributed by atoms with Crippen LogP contribution >= 0.6 is 11.7 Å². The number of benzene rings is 2. The van der Waals surface area contributed by atoms with Crippen molar-refractivity contribution >= 4 is 44.4 Å². The Kier molecular flexibility index (Phi) is 4.81. The number of carbonyl (C=O) groups excluding carboxylic acids is 1. The van der Waals surface area contributed by atoms with E-state index in [2.05, 4.69) is 19.0 Å². The van der Waals surface area contributed by atoms with Gasteiger partial charge in [0.05, 0.1) is 17.8 Å². The van der Waals surface area contributed by atoms with Crippen molar-refractivity contribution in [3.8, 4) is 6.07 Å². The van der Waals surface area contributed by atoms with E-state index in [1.807, 2.05) is 0 Å². The number of rotatable bonds is 5. The summed E-state index contributed by atoms with van der Waals surface area (Å²) in [7, 11) is -4.48. The lowest BCUT2D eigenvalue weighted by Gasteiger charge is -2.03. The number of ketones is 1. The third kappa shape index (κ3) is 3.47. The summed E-state index contributed by atoms with van der Waals surface area (Å²) in [5.74, 6) is -0.515. The van der Waals surface area contributed by atoms with Crippen molar-refractivity contribution in [2.75, 3.05) is 0 Å². The highest BCUT2D eigenvalue weighted by Crippen LogP contribution is 2.30. The summed E-state index contributed by atoms with van der Waals surface area (Å²) in [5, 5.41) is 16.8. The van der Waals surface area contributed by atoms with E-state index >= 15 is 0 Å². The van der Waals surface area contributed by atoms with Gasteiger partial charge in [0.1, 0.15) is 21.6 Å². The largest absolute Gasteiger partial charge is 0.296 e. The van der Waals surface area contributed by atoms with Gasteiger partial charge in [-0.15, -0.1) is 0 Å². The lowest BCUT2D eigenvalue weighted by atomic mass is 10.1. The second-order valence-corrected chi connectivity index (χ2v) is 6.92. The molecule has 0 fully saturated rings. The van der Waals surface area contributed by atoms with Gasteiger partial charge in [0.15, 0.2) is 0 Å². The standard InChI is InChI=1S/C15H9N5O4S2/c16-8-11(15(21)9-4-2-1-3-5-9)18-17-10-6-7-12(26(22,23)24)14-13(10)19-25-20-14/h1-7,11H,(H,22,23,24)/b18-17+. The summed E-state index contributed by atoms with van der Waals surface area (Å²) >= 11 is 0.731. The molecule has 11 heteroatoms. The average Bonchev–Trinajstić information content (AvgIpc) is 3.11. The zero-order chi connectivity index (χ0) is 18.7. The van der Waals surface area contributed by atoms with Gasteiger partial charge in [0.25, 0.3) is 10.1 Å². The summed E-state index contributed by atoms with van der Waals surface area (Å²) in [6.45, 7) is 0.